The molecule has 10 heteroatoms. The molecule has 134 valence electrons. The van der Waals surface area contributed by atoms with E-state index in [1.165, 1.54) is 6.07 Å². The number of hydrogen-bond acceptors (Lipinski definition) is 4. The third kappa shape index (κ3) is 4.84. The average Bonchev–Trinajstić information content (AvgIpc) is 2.80. The first-order chi connectivity index (χ1) is 11.0. The summed E-state index contributed by atoms with van der Waals surface area (Å²) in [7, 11) is -1.47. The Bertz CT molecular complexity index is 737. The molecule has 1 aromatic rings. The molecule has 1 heterocycles. The Labute approximate surface area is 142 Å². The van der Waals surface area contributed by atoms with E-state index in [2.05, 4.69) is 5.32 Å². The van der Waals surface area contributed by atoms with Gasteiger partial charge in [0.15, 0.2) is 9.84 Å². The van der Waals surface area contributed by atoms with Gasteiger partial charge in [-0.2, -0.15) is 13.2 Å². The monoisotopic (exact) mass is 384 g/mol. The van der Waals surface area contributed by atoms with Crippen LogP contribution in [0.4, 0.5) is 18.9 Å². The van der Waals surface area contributed by atoms with Gasteiger partial charge in [-0.1, -0.05) is 11.6 Å². The summed E-state index contributed by atoms with van der Waals surface area (Å²) >= 11 is 5.52. The van der Waals surface area contributed by atoms with Gasteiger partial charge in [-0.05, 0) is 31.7 Å². The summed E-state index contributed by atoms with van der Waals surface area (Å²) in [6.07, 6.45) is -4.18. The zero-order chi connectivity index (χ0) is 18.1. The molecule has 5 nitrogen and oxygen atoms in total. The van der Waals surface area contributed by atoms with Crippen molar-refractivity contribution in [3.8, 4) is 0 Å². The summed E-state index contributed by atoms with van der Waals surface area (Å²) in [5.74, 6) is -0.469. The summed E-state index contributed by atoms with van der Waals surface area (Å²) in [5.41, 5.74) is -1.05. The predicted octanol–water partition coefficient (Wildman–Crippen LogP) is 2.42. The molecule has 0 radical (unpaired) electrons. The molecule has 0 aliphatic carbocycles. The van der Waals surface area contributed by atoms with Crippen molar-refractivity contribution in [2.45, 2.75) is 18.6 Å². The molecule has 0 aromatic heterocycles. The maximum absolute atomic E-state index is 12.8. The summed E-state index contributed by atoms with van der Waals surface area (Å²) < 4.78 is 61.3. The molecule has 0 spiro atoms. The number of sulfone groups is 1. The normalized spacial score (nSPS) is 20.3. The molecule has 1 saturated heterocycles. The third-order valence-electron chi connectivity index (χ3n) is 3.78. The van der Waals surface area contributed by atoms with E-state index in [0.717, 1.165) is 12.1 Å². The van der Waals surface area contributed by atoms with Gasteiger partial charge in [-0.15, -0.1) is 0 Å². The summed E-state index contributed by atoms with van der Waals surface area (Å²) in [6.45, 7) is -0.121. The first-order valence-corrected chi connectivity index (χ1v) is 9.25. The van der Waals surface area contributed by atoms with Gasteiger partial charge in [0.1, 0.15) is 0 Å². The van der Waals surface area contributed by atoms with Crippen molar-refractivity contribution >= 4 is 33.0 Å². The number of nitrogens with zero attached hydrogens (tertiary/aromatic N) is 1. The number of amides is 1. The lowest BCUT2D eigenvalue weighted by atomic mass is 10.2. The molecule has 1 atom stereocenters. The SMILES string of the molecule is CN(CC(=O)Nc1ccc(Cl)c(C(F)(F)F)c1)[C@H]1CCS(=O)(=O)C1. The van der Waals surface area contributed by atoms with Crippen LogP contribution in [0.15, 0.2) is 18.2 Å². The van der Waals surface area contributed by atoms with E-state index in [0.29, 0.717) is 6.42 Å². The quantitative estimate of drug-likeness (QED) is 0.865. The van der Waals surface area contributed by atoms with Crippen molar-refractivity contribution in [1.82, 2.24) is 4.90 Å². The van der Waals surface area contributed by atoms with Crippen molar-refractivity contribution < 1.29 is 26.4 Å². The van der Waals surface area contributed by atoms with Gasteiger partial charge in [0, 0.05) is 11.7 Å². The highest BCUT2D eigenvalue weighted by atomic mass is 35.5. The van der Waals surface area contributed by atoms with E-state index < -0.39 is 32.5 Å². The van der Waals surface area contributed by atoms with E-state index >= 15 is 0 Å². The standard InChI is InChI=1S/C14H16ClF3N2O3S/c1-20(10-4-5-24(22,23)8-10)7-13(21)19-9-2-3-12(15)11(6-9)14(16,17)18/h2-3,6,10H,4-5,7-8H2,1H3,(H,19,21)/t10-/m0/s1. The molecule has 2 rings (SSSR count). The van der Waals surface area contributed by atoms with E-state index in [1.54, 1.807) is 11.9 Å². The van der Waals surface area contributed by atoms with Gasteiger partial charge in [0.2, 0.25) is 5.91 Å². The highest BCUT2D eigenvalue weighted by Gasteiger charge is 2.34. The number of rotatable bonds is 4. The molecule has 0 saturated carbocycles. The minimum absolute atomic E-state index is 0.0179. The largest absolute Gasteiger partial charge is 0.417 e. The number of carbonyl (C=O) groups excluding carboxylic acids is 1. The molecule has 0 unspecified atom stereocenters. The second kappa shape index (κ2) is 6.89. The predicted molar refractivity (Wildman–Crippen MR) is 84.8 cm³/mol. The van der Waals surface area contributed by atoms with Gasteiger partial charge in [0.05, 0.1) is 28.6 Å². The van der Waals surface area contributed by atoms with Gasteiger partial charge in [0.25, 0.3) is 0 Å². The molecular weight excluding hydrogens is 369 g/mol. The van der Waals surface area contributed by atoms with E-state index in [-0.39, 0.29) is 29.8 Å². The lowest BCUT2D eigenvalue weighted by molar-refractivity contribution is -0.137. The Balaban J connectivity index is 2.00. The number of carbonyl (C=O) groups is 1. The maximum Gasteiger partial charge on any atom is 0.417 e. The summed E-state index contributed by atoms with van der Waals surface area (Å²) in [4.78, 5) is 13.6. The molecule has 1 aliphatic heterocycles. The van der Waals surface area contributed by atoms with Crippen LogP contribution in [0.3, 0.4) is 0 Å². The number of alkyl halides is 3. The van der Waals surface area contributed by atoms with Crippen molar-refractivity contribution in [3.63, 3.8) is 0 Å². The van der Waals surface area contributed by atoms with Crippen LogP contribution in [0, 0.1) is 0 Å². The molecule has 1 fully saturated rings. The lowest BCUT2D eigenvalue weighted by Crippen LogP contribution is -2.38. The summed E-state index contributed by atoms with van der Waals surface area (Å²) in [5, 5.41) is 1.92. The Morgan fingerprint density at radius 2 is 2.08 bits per heavy atom. The van der Waals surface area contributed by atoms with Crippen LogP contribution in [-0.4, -0.2) is 50.4 Å². The number of hydrogen-bond donors (Lipinski definition) is 1. The average molecular weight is 385 g/mol. The fraction of sp³-hybridized carbons (Fsp3) is 0.500. The Morgan fingerprint density at radius 1 is 1.42 bits per heavy atom. The minimum Gasteiger partial charge on any atom is -0.325 e. The smallest absolute Gasteiger partial charge is 0.325 e. The van der Waals surface area contributed by atoms with Crippen LogP contribution in [0.5, 0.6) is 0 Å². The lowest BCUT2D eigenvalue weighted by Gasteiger charge is -2.22. The van der Waals surface area contributed by atoms with E-state index in [4.69, 9.17) is 11.6 Å². The first kappa shape index (κ1) is 19.0. The summed E-state index contributed by atoms with van der Waals surface area (Å²) in [6, 6.07) is 2.83. The van der Waals surface area contributed by atoms with Crippen LogP contribution in [0.2, 0.25) is 5.02 Å². The number of benzene rings is 1. The highest BCUT2D eigenvalue weighted by Crippen LogP contribution is 2.36. The number of anilines is 1. The minimum atomic E-state index is -4.62. The second-order valence-corrected chi connectivity index (χ2v) is 8.35. The van der Waals surface area contributed by atoms with Crippen molar-refractivity contribution in [2.75, 3.05) is 30.4 Å². The second-order valence-electron chi connectivity index (χ2n) is 5.71. The van der Waals surface area contributed by atoms with Crippen LogP contribution in [0.25, 0.3) is 0 Å². The number of nitrogens with one attached hydrogen (secondary N) is 1. The molecule has 0 bridgehead atoms. The molecule has 1 N–H and O–H groups in total. The van der Waals surface area contributed by atoms with Gasteiger partial charge < -0.3 is 5.32 Å². The van der Waals surface area contributed by atoms with Crippen molar-refractivity contribution in [2.24, 2.45) is 0 Å². The van der Waals surface area contributed by atoms with Gasteiger partial charge in [-0.25, -0.2) is 8.42 Å². The molecule has 1 amide bonds. The zero-order valence-electron chi connectivity index (χ0n) is 12.7. The zero-order valence-corrected chi connectivity index (χ0v) is 14.3. The molecular formula is C14H16ClF3N2O3S. The van der Waals surface area contributed by atoms with E-state index in [1.807, 2.05) is 0 Å². The first-order valence-electron chi connectivity index (χ1n) is 7.05. The van der Waals surface area contributed by atoms with Crippen LogP contribution < -0.4 is 5.32 Å². The van der Waals surface area contributed by atoms with Crippen LogP contribution in [-0.2, 0) is 20.8 Å². The van der Waals surface area contributed by atoms with Crippen molar-refractivity contribution in [3.05, 3.63) is 28.8 Å². The number of likely N-dealkylation sites (N-methyl/N-ethyl adjacent to an activating group) is 1. The fourth-order valence-corrected chi connectivity index (χ4v) is 4.53. The maximum atomic E-state index is 12.8. The Hall–Kier alpha value is -1.32. The highest BCUT2D eigenvalue weighted by molar-refractivity contribution is 7.91. The third-order valence-corrected chi connectivity index (χ3v) is 5.86. The Morgan fingerprint density at radius 3 is 2.62 bits per heavy atom. The molecule has 24 heavy (non-hydrogen) atoms. The Kier molecular flexibility index (Phi) is 5.46. The topological polar surface area (TPSA) is 66.5 Å². The van der Waals surface area contributed by atoms with Gasteiger partial charge >= 0.3 is 6.18 Å². The van der Waals surface area contributed by atoms with Crippen molar-refractivity contribution in [1.29, 1.82) is 0 Å². The molecule has 1 aromatic carbocycles. The number of halogens is 4. The fourth-order valence-electron chi connectivity index (χ4n) is 2.50. The van der Waals surface area contributed by atoms with Gasteiger partial charge in [-0.3, -0.25) is 9.69 Å². The molecule has 1 aliphatic rings. The van der Waals surface area contributed by atoms with Crippen LogP contribution in [0.1, 0.15) is 12.0 Å². The van der Waals surface area contributed by atoms with E-state index in [9.17, 15) is 26.4 Å². The van der Waals surface area contributed by atoms with Crippen LogP contribution >= 0.6 is 11.6 Å².